The van der Waals surface area contributed by atoms with E-state index in [2.05, 4.69) is 199 Å². The lowest BCUT2D eigenvalue weighted by atomic mass is 9.97. The summed E-state index contributed by atoms with van der Waals surface area (Å²) in [6.07, 6.45) is 0.848. The average Bonchev–Trinajstić information content (AvgIpc) is 3.51. The van der Waals surface area contributed by atoms with Crippen molar-refractivity contribution in [2.45, 2.75) is 13.3 Å². The lowest BCUT2D eigenvalue weighted by Gasteiger charge is -2.34. The Bertz CT molecular complexity index is 2420. The molecular formula is C46H35BrOSi. The van der Waals surface area contributed by atoms with E-state index in [-0.39, 0.29) is 0 Å². The molecule has 0 aliphatic rings. The topological polar surface area (TPSA) is 13.1 Å². The second-order valence-electron chi connectivity index (χ2n) is 12.9. The molecule has 1 heterocycles. The number of hydrogen-bond donors (Lipinski definition) is 0. The van der Waals surface area contributed by atoms with Gasteiger partial charge in [0.1, 0.15) is 11.2 Å². The molecule has 236 valence electrons. The van der Waals surface area contributed by atoms with Crippen molar-refractivity contribution in [1.29, 1.82) is 0 Å². The van der Waals surface area contributed by atoms with Crippen LogP contribution in [0.15, 0.2) is 191 Å². The molecule has 0 bridgehead atoms. The van der Waals surface area contributed by atoms with Crippen LogP contribution in [0.25, 0.3) is 44.2 Å². The predicted molar refractivity (Wildman–Crippen MR) is 214 cm³/mol. The number of halogens is 1. The summed E-state index contributed by atoms with van der Waals surface area (Å²) >= 11 is 3.81. The Morgan fingerprint density at radius 1 is 0.551 bits per heavy atom. The molecule has 1 nitrogen and oxygen atoms in total. The summed E-state index contributed by atoms with van der Waals surface area (Å²) < 4.78 is 7.69. The summed E-state index contributed by atoms with van der Waals surface area (Å²) in [5.74, 6) is 0. The first-order valence-corrected chi connectivity index (χ1v) is 19.5. The predicted octanol–water partition coefficient (Wildman–Crippen LogP) is 10.2. The van der Waals surface area contributed by atoms with Gasteiger partial charge in [0, 0.05) is 20.8 Å². The summed E-state index contributed by atoms with van der Waals surface area (Å²) in [6.45, 7) is 6.16. The molecule has 0 saturated heterocycles. The third-order valence-electron chi connectivity index (χ3n) is 9.54. The summed E-state index contributed by atoms with van der Waals surface area (Å²) in [7, 11) is -2.69. The smallest absolute Gasteiger partial charge is 0.179 e. The number of allylic oxidation sites excluding steroid dienone is 1. The Hall–Kier alpha value is -5.22. The maximum atomic E-state index is 6.60. The molecule has 49 heavy (non-hydrogen) atoms. The molecule has 0 atom stereocenters. The fraction of sp³-hybridized carbons (Fsp3) is 0.0435. The van der Waals surface area contributed by atoms with E-state index in [1.165, 1.54) is 37.4 Å². The van der Waals surface area contributed by atoms with Gasteiger partial charge in [-0.1, -0.05) is 174 Å². The van der Waals surface area contributed by atoms with Gasteiger partial charge in [0.25, 0.3) is 0 Å². The minimum Gasteiger partial charge on any atom is -0.455 e. The highest BCUT2D eigenvalue weighted by Crippen LogP contribution is 2.37. The highest BCUT2D eigenvalue weighted by Gasteiger charge is 2.41. The fourth-order valence-corrected chi connectivity index (χ4v) is 12.9. The zero-order valence-electron chi connectivity index (χ0n) is 27.4. The quantitative estimate of drug-likeness (QED) is 0.0869. The Morgan fingerprint density at radius 3 is 1.84 bits per heavy atom. The molecule has 0 unspecified atom stereocenters. The number of fused-ring (bicyclic) bond motifs is 3. The van der Waals surface area contributed by atoms with Crippen molar-refractivity contribution < 1.29 is 4.42 Å². The average molecular weight is 712 g/mol. The molecule has 8 rings (SSSR count). The molecule has 1 aromatic heterocycles. The summed E-state index contributed by atoms with van der Waals surface area (Å²) in [6, 6.07) is 62.2. The summed E-state index contributed by atoms with van der Waals surface area (Å²) in [5.41, 5.74) is 8.80. The molecular weight excluding hydrogens is 676 g/mol. The van der Waals surface area contributed by atoms with Gasteiger partial charge in [-0.15, -0.1) is 0 Å². The van der Waals surface area contributed by atoms with Gasteiger partial charge in [-0.25, -0.2) is 0 Å². The maximum absolute atomic E-state index is 6.60. The van der Waals surface area contributed by atoms with Gasteiger partial charge in [0.15, 0.2) is 8.07 Å². The van der Waals surface area contributed by atoms with Crippen molar-refractivity contribution in [3.63, 3.8) is 0 Å². The maximum Gasteiger partial charge on any atom is 0.179 e. The van der Waals surface area contributed by atoms with E-state index in [1.807, 2.05) is 0 Å². The number of hydrogen-bond acceptors (Lipinski definition) is 1. The standard InChI is InChI=1S/C46H35BrOSi/c1-32(2)27-33-25-26-43-44-24-12-23-42(46(44)48-45(43)28-33)36-15-9-13-34(29-36)35-14-10-21-40(30-35)49(38-17-5-3-6-18-38,39-19-7-4-8-20-39)41-22-11-16-37(47)31-41/h3-26,28-31H,1,27H2,2H3. The van der Waals surface area contributed by atoms with E-state index in [4.69, 9.17) is 4.42 Å². The van der Waals surface area contributed by atoms with Crippen LogP contribution < -0.4 is 20.7 Å². The Labute approximate surface area is 297 Å². The minimum atomic E-state index is -2.69. The van der Waals surface area contributed by atoms with Gasteiger partial charge < -0.3 is 4.42 Å². The highest BCUT2D eigenvalue weighted by molar-refractivity contribution is 9.10. The second-order valence-corrected chi connectivity index (χ2v) is 17.6. The largest absolute Gasteiger partial charge is 0.455 e. The van der Waals surface area contributed by atoms with E-state index in [9.17, 15) is 0 Å². The molecule has 8 aromatic rings. The number of furan rings is 1. The first-order chi connectivity index (χ1) is 24.0. The summed E-state index contributed by atoms with van der Waals surface area (Å²) in [5, 5.41) is 7.67. The van der Waals surface area contributed by atoms with Gasteiger partial charge in [-0.2, -0.15) is 0 Å². The number of benzene rings is 7. The zero-order valence-corrected chi connectivity index (χ0v) is 30.0. The van der Waals surface area contributed by atoms with Crippen LogP contribution in [-0.4, -0.2) is 8.07 Å². The van der Waals surface area contributed by atoms with E-state index in [0.29, 0.717) is 0 Å². The van der Waals surface area contributed by atoms with Crippen molar-refractivity contribution in [3.05, 3.63) is 192 Å². The van der Waals surface area contributed by atoms with Crippen LogP contribution >= 0.6 is 15.9 Å². The van der Waals surface area contributed by atoms with E-state index in [1.54, 1.807) is 0 Å². The van der Waals surface area contributed by atoms with Crippen LogP contribution in [0, 0.1) is 0 Å². The van der Waals surface area contributed by atoms with Gasteiger partial charge in [0.2, 0.25) is 0 Å². The van der Waals surface area contributed by atoms with Crippen molar-refractivity contribution in [2.24, 2.45) is 0 Å². The van der Waals surface area contributed by atoms with Crippen molar-refractivity contribution in [2.75, 3.05) is 0 Å². The zero-order chi connectivity index (χ0) is 33.4. The molecule has 0 N–H and O–H groups in total. The Kier molecular flexibility index (Phi) is 8.24. The van der Waals surface area contributed by atoms with Gasteiger partial charge in [-0.3, -0.25) is 0 Å². The van der Waals surface area contributed by atoms with Crippen molar-refractivity contribution >= 4 is 66.7 Å². The first kappa shape index (κ1) is 31.1. The number of para-hydroxylation sites is 1. The van der Waals surface area contributed by atoms with Crippen LogP contribution in [-0.2, 0) is 6.42 Å². The normalized spacial score (nSPS) is 11.6. The van der Waals surface area contributed by atoms with Gasteiger partial charge in [0.05, 0.1) is 0 Å². The molecule has 0 radical (unpaired) electrons. The van der Waals surface area contributed by atoms with E-state index in [0.717, 1.165) is 49.5 Å². The third-order valence-corrected chi connectivity index (χ3v) is 14.8. The van der Waals surface area contributed by atoms with Crippen molar-refractivity contribution in [3.8, 4) is 22.3 Å². The van der Waals surface area contributed by atoms with Crippen LogP contribution in [0.2, 0.25) is 0 Å². The van der Waals surface area contributed by atoms with Crippen LogP contribution in [0.1, 0.15) is 12.5 Å². The first-order valence-electron chi connectivity index (χ1n) is 16.7. The molecule has 7 aromatic carbocycles. The summed E-state index contributed by atoms with van der Waals surface area (Å²) in [4.78, 5) is 0. The molecule has 0 aliphatic carbocycles. The van der Waals surface area contributed by atoms with Crippen LogP contribution in [0.4, 0.5) is 0 Å². The van der Waals surface area contributed by atoms with E-state index >= 15 is 0 Å². The van der Waals surface area contributed by atoms with E-state index < -0.39 is 8.07 Å². The van der Waals surface area contributed by atoms with Crippen molar-refractivity contribution in [1.82, 2.24) is 0 Å². The molecule has 0 aliphatic heterocycles. The second kappa shape index (κ2) is 13.0. The molecule has 3 heteroatoms. The lowest BCUT2D eigenvalue weighted by Crippen LogP contribution is -2.74. The van der Waals surface area contributed by atoms with Gasteiger partial charge in [-0.05, 0) is 80.6 Å². The molecule has 0 fully saturated rings. The monoisotopic (exact) mass is 710 g/mol. The molecule has 0 spiro atoms. The van der Waals surface area contributed by atoms with Gasteiger partial charge >= 0.3 is 0 Å². The molecule has 0 amide bonds. The lowest BCUT2D eigenvalue weighted by molar-refractivity contribution is 0.669. The SMILES string of the molecule is C=C(C)Cc1ccc2c(c1)oc1c(-c3cccc(-c4cccc([Si](c5ccccc5)(c5ccccc5)c5cccc(Br)c5)c4)c3)cccc12. The Balaban J connectivity index is 1.29. The number of rotatable bonds is 8. The minimum absolute atomic E-state index is 0.848. The third kappa shape index (κ3) is 5.69. The highest BCUT2D eigenvalue weighted by atomic mass is 79.9. The van der Waals surface area contributed by atoms with Crippen LogP contribution in [0.3, 0.4) is 0 Å². The Morgan fingerprint density at radius 2 is 1.14 bits per heavy atom. The van der Waals surface area contributed by atoms with Crippen LogP contribution in [0.5, 0.6) is 0 Å². The molecule has 0 saturated carbocycles. The fourth-order valence-electron chi connectivity index (χ4n) is 7.42.